The van der Waals surface area contributed by atoms with Crippen molar-refractivity contribution in [3.63, 3.8) is 0 Å². The summed E-state index contributed by atoms with van der Waals surface area (Å²) in [6.07, 6.45) is 0.961. The molecule has 158 valence electrons. The maximum atomic E-state index is 12.6. The number of carbonyl (C=O) groups is 1. The highest BCUT2D eigenvalue weighted by atomic mass is 32.2. The van der Waals surface area contributed by atoms with Gasteiger partial charge in [0, 0.05) is 18.7 Å². The van der Waals surface area contributed by atoms with Gasteiger partial charge < -0.3 is 14.6 Å². The normalized spacial score (nSPS) is 11.9. The fourth-order valence-corrected chi connectivity index (χ4v) is 3.99. The van der Waals surface area contributed by atoms with Gasteiger partial charge in [-0.1, -0.05) is 54.6 Å². The van der Waals surface area contributed by atoms with Crippen LogP contribution < -0.4 is 10.1 Å². The Balaban J connectivity index is 1.67. The molecule has 0 unspecified atom stereocenters. The summed E-state index contributed by atoms with van der Waals surface area (Å²) in [6.45, 7) is 7.36. The van der Waals surface area contributed by atoms with Gasteiger partial charge in [-0.25, -0.2) is 0 Å². The topological polar surface area (TPSA) is 69.0 Å². The van der Waals surface area contributed by atoms with E-state index in [1.807, 2.05) is 43.3 Å². The summed E-state index contributed by atoms with van der Waals surface area (Å²) in [6, 6.07) is 15.9. The van der Waals surface area contributed by atoms with Crippen LogP contribution in [0.5, 0.6) is 5.75 Å². The number of ether oxygens (including phenoxy) is 1. The molecule has 30 heavy (non-hydrogen) atoms. The molecular weight excluding hydrogens is 396 g/mol. The molecule has 0 saturated heterocycles. The third-order valence-corrected chi connectivity index (χ3v) is 5.80. The van der Waals surface area contributed by atoms with E-state index in [1.165, 1.54) is 17.3 Å². The average Bonchev–Trinajstić information content (AvgIpc) is 3.14. The third kappa shape index (κ3) is 5.42. The highest BCUT2D eigenvalue weighted by Crippen LogP contribution is 2.27. The Morgan fingerprint density at radius 1 is 1.20 bits per heavy atom. The lowest BCUT2D eigenvalue weighted by Crippen LogP contribution is -2.30. The number of hydrogen-bond donors (Lipinski definition) is 1. The summed E-state index contributed by atoms with van der Waals surface area (Å²) in [5, 5.41) is 12.3. The minimum Gasteiger partial charge on any atom is -0.497 e. The molecule has 1 atom stereocenters. The highest BCUT2D eigenvalue weighted by molar-refractivity contribution is 8.00. The SMILES string of the molecule is CCCn1c(S[C@@H](C)C(=O)NCc2ccc(OC)cc2)nnc1-c1cccc(C)c1. The summed E-state index contributed by atoms with van der Waals surface area (Å²) < 4.78 is 7.27. The minimum absolute atomic E-state index is 0.0287. The molecule has 0 aliphatic heterocycles. The van der Waals surface area contributed by atoms with Crippen molar-refractivity contribution in [3.8, 4) is 17.1 Å². The number of hydrogen-bond acceptors (Lipinski definition) is 5. The first-order chi connectivity index (χ1) is 14.5. The zero-order chi connectivity index (χ0) is 21.5. The molecule has 0 radical (unpaired) electrons. The average molecular weight is 425 g/mol. The van der Waals surface area contributed by atoms with E-state index in [0.717, 1.165) is 40.8 Å². The lowest BCUT2D eigenvalue weighted by Gasteiger charge is -2.14. The van der Waals surface area contributed by atoms with Gasteiger partial charge in [0.15, 0.2) is 11.0 Å². The third-order valence-electron chi connectivity index (χ3n) is 4.72. The van der Waals surface area contributed by atoms with Gasteiger partial charge in [0.25, 0.3) is 0 Å². The molecule has 3 rings (SSSR count). The van der Waals surface area contributed by atoms with Crippen LogP contribution in [0.3, 0.4) is 0 Å². The molecule has 1 N–H and O–H groups in total. The van der Waals surface area contributed by atoms with Gasteiger partial charge in [-0.3, -0.25) is 4.79 Å². The van der Waals surface area contributed by atoms with Gasteiger partial charge in [0.05, 0.1) is 12.4 Å². The van der Waals surface area contributed by atoms with E-state index in [4.69, 9.17) is 4.74 Å². The molecule has 1 aromatic heterocycles. The Kier molecular flexibility index (Phi) is 7.52. The van der Waals surface area contributed by atoms with Crippen LogP contribution in [0.2, 0.25) is 0 Å². The van der Waals surface area contributed by atoms with Crippen molar-refractivity contribution in [2.45, 2.75) is 50.7 Å². The molecule has 1 amide bonds. The van der Waals surface area contributed by atoms with E-state index in [2.05, 4.69) is 46.1 Å². The smallest absolute Gasteiger partial charge is 0.233 e. The molecule has 0 saturated carbocycles. The zero-order valence-corrected chi connectivity index (χ0v) is 18.7. The van der Waals surface area contributed by atoms with Crippen molar-refractivity contribution in [2.24, 2.45) is 0 Å². The van der Waals surface area contributed by atoms with Gasteiger partial charge >= 0.3 is 0 Å². The summed E-state index contributed by atoms with van der Waals surface area (Å²) in [5.41, 5.74) is 3.25. The number of amides is 1. The summed E-state index contributed by atoms with van der Waals surface area (Å²) in [4.78, 5) is 12.6. The van der Waals surface area contributed by atoms with E-state index in [1.54, 1.807) is 7.11 Å². The van der Waals surface area contributed by atoms with Crippen LogP contribution >= 0.6 is 11.8 Å². The Labute approximate surface area is 182 Å². The number of methoxy groups -OCH3 is 1. The number of thioether (sulfide) groups is 1. The lowest BCUT2D eigenvalue weighted by molar-refractivity contribution is -0.120. The van der Waals surface area contributed by atoms with Gasteiger partial charge in [-0.2, -0.15) is 0 Å². The largest absolute Gasteiger partial charge is 0.497 e. The molecule has 3 aromatic rings. The second-order valence-electron chi connectivity index (χ2n) is 7.15. The van der Waals surface area contributed by atoms with Crippen molar-refractivity contribution < 1.29 is 9.53 Å². The van der Waals surface area contributed by atoms with Crippen LogP contribution in [0.25, 0.3) is 11.4 Å². The Hall–Kier alpha value is -2.80. The predicted octanol–water partition coefficient (Wildman–Crippen LogP) is 4.47. The second-order valence-corrected chi connectivity index (χ2v) is 8.46. The quantitative estimate of drug-likeness (QED) is 0.513. The van der Waals surface area contributed by atoms with E-state index in [-0.39, 0.29) is 11.2 Å². The fourth-order valence-electron chi connectivity index (χ4n) is 3.09. The van der Waals surface area contributed by atoms with Crippen LogP contribution in [-0.2, 0) is 17.9 Å². The second kappa shape index (κ2) is 10.3. The van der Waals surface area contributed by atoms with Crippen LogP contribution in [0.4, 0.5) is 0 Å². The molecule has 1 heterocycles. The number of nitrogens with zero attached hydrogens (tertiary/aromatic N) is 3. The summed E-state index contributed by atoms with van der Waals surface area (Å²) >= 11 is 1.44. The maximum absolute atomic E-state index is 12.6. The van der Waals surface area contributed by atoms with Crippen LogP contribution in [0.15, 0.2) is 53.7 Å². The van der Waals surface area contributed by atoms with Crippen molar-refractivity contribution in [1.29, 1.82) is 0 Å². The van der Waals surface area contributed by atoms with Crippen LogP contribution in [0.1, 0.15) is 31.4 Å². The van der Waals surface area contributed by atoms with Gasteiger partial charge in [-0.15, -0.1) is 10.2 Å². The number of carbonyl (C=O) groups excluding carboxylic acids is 1. The number of benzene rings is 2. The van der Waals surface area contributed by atoms with Crippen molar-refractivity contribution in [3.05, 3.63) is 59.7 Å². The molecule has 0 aliphatic rings. The number of rotatable bonds is 9. The lowest BCUT2D eigenvalue weighted by atomic mass is 10.1. The first-order valence-corrected chi connectivity index (χ1v) is 11.0. The maximum Gasteiger partial charge on any atom is 0.233 e. The van der Waals surface area contributed by atoms with E-state index in [0.29, 0.717) is 6.54 Å². The zero-order valence-electron chi connectivity index (χ0n) is 17.9. The van der Waals surface area contributed by atoms with Gasteiger partial charge in [0.1, 0.15) is 5.75 Å². The van der Waals surface area contributed by atoms with E-state index < -0.39 is 0 Å². The molecule has 2 aromatic carbocycles. The first kappa shape index (κ1) is 21.9. The summed E-state index contributed by atoms with van der Waals surface area (Å²) in [5.74, 6) is 1.61. The Morgan fingerprint density at radius 3 is 2.63 bits per heavy atom. The predicted molar refractivity (Wildman–Crippen MR) is 121 cm³/mol. The molecule has 0 fully saturated rings. The minimum atomic E-state index is -0.284. The van der Waals surface area contributed by atoms with Gasteiger partial charge in [-0.05, 0) is 44.0 Å². The molecule has 0 bridgehead atoms. The molecule has 0 aliphatic carbocycles. The number of aromatic nitrogens is 3. The number of aryl methyl sites for hydroxylation is 1. The van der Waals surface area contributed by atoms with Crippen molar-refractivity contribution in [2.75, 3.05) is 7.11 Å². The van der Waals surface area contributed by atoms with Crippen molar-refractivity contribution >= 4 is 17.7 Å². The first-order valence-electron chi connectivity index (χ1n) is 10.1. The Bertz CT molecular complexity index is 985. The van der Waals surface area contributed by atoms with E-state index in [9.17, 15) is 4.79 Å². The fraction of sp³-hybridized carbons (Fsp3) is 0.348. The molecule has 7 heteroatoms. The molecular formula is C23H28N4O2S. The number of nitrogens with one attached hydrogen (secondary N) is 1. The standard InChI is InChI=1S/C23H28N4O2S/c1-5-13-27-21(19-8-6-7-16(2)14-19)25-26-23(27)30-17(3)22(28)24-15-18-9-11-20(29-4)12-10-18/h6-12,14,17H,5,13,15H2,1-4H3,(H,24,28)/t17-/m0/s1. The van der Waals surface area contributed by atoms with Crippen LogP contribution in [0, 0.1) is 6.92 Å². The monoisotopic (exact) mass is 424 g/mol. The van der Waals surface area contributed by atoms with Crippen molar-refractivity contribution in [1.82, 2.24) is 20.1 Å². The summed E-state index contributed by atoms with van der Waals surface area (Å²) in [7, 11) is 1.64. The molecule has 6 nitrogen and oxygen atoms in total. The molecule has 0 spiro atoms. The van der Waals surface area contributed by atoms with Gasteiger partial charge in [0.2, 0.25) is 5.91 Å². The Morgan fingerprint density at radius 2 is 1.97 bits per heavy atom. The van der Waals surface area contributed by atoms with Crippen LogP contribution in [-0.4, -0.2) is 33.0 Å². The highest BCUT2D eigenvalue weighted by Gasteiger charge is 2.20. The van der Waals surface area contributed by atoms with E-state index >= 15 is 0 Å².